The highest BCUT2D eigenvalue weighted by Gasteiger charge is 2.15. The number of benzene rings is 1. The lowest BCUT2D eigenvalue weighted by Gasteiger charge is -2.19. The van der Waals surface area contributed by atoms with Gasteiger partial charge in [-0.3, -0.25) is 14.9 Å². The molecule has 2 rings (SSSR count). The summed E-state index contributed by atoms with van der Waals surface area (Å²) in [6, 6.07) is 9.18. The summed E-state index contributed by atoms with van der Waals surface area (Å²) in [7, 11) is 1.61. The molecule has 0 aliphatic carbocycles. The first kappa shape index (κ1) is 19.2. The zero-order valence-electron chi connectivity index (χ0n) is 14.5. The molecule has 7 heteroatoms. The maximum Gasteiger partial charge on any atom is 0.243 e. The molecule has 25 heavy (non-hydrogen) atoms. The maximum absolute atomic E-state index is 12.2. The van der Waals surface area contributed by atoms with Gasteiger partial charge in [0.25, 0.3) is 0 Å². The molecule has 2 amide bonds. The molecule has 1 atom stereocenters. The molecule has 0 unspecified atom stereocenters. The van der Waals surface area contributed by atoms with E-state index in [9.17, 15) is 9.59 Å². The van der Waals surface area contributed by atoms with Gasteiger partial charge in [0.15, 0.2) is 0 Å². The summed E-state index contributed by atoms with van der Waals surface area (Å²) in [5, 5.41) is 5.90. The molecule has 0 bridgehead atoms. The Morgan fingerprint density at radius 3 is 2.72 bits per heavy atom. The SMILES string of the molecule is Cc1cc(Br)ccc1NC(=O)CN(C)C(=O)CN[C@@H](C)c1ccco1. The normalized spacial score (nSPS) is 11.8. The third kappa shape index (κ3) is 5.72. The van der Waals surface area contributed by atoms with E-state index in [2.05, 4.69) is 26.6 Å². The number of furan rings is 1. The van der Waals surface area contributed by atoms with Gasteiger partial charge < -0.3 is 14.6 Å². The topological polar surface area (TPSA) is 74.6 Å². The lowest BCUT2D eigenvalue weighted by Crippen LogP contribution is -2.40. The number of nitrogens with zero attached hydrogens (tertiary/aromatic N) is 1. The molecule has 0 aliphatic rings. The van der Waals surface area contributed by atoms with E-state index < -0.39 is 0 Å². The van der Waals surface area contributed by atoms with Crippen LogP contribution in [0.2, 0.25) is 0 Å². The van der Waals surface area contributed by atoms with E-state index >= 15 is 0 Å². The van der Waals surface area contributed by atoms with Crippen molar-refractivity contribution < 1.29 is 14.0 Å². The standard InChI is InChI=1S/C18H22BrN3O3/c1-12-9-14(19)6-7-15(12)21-17(23)11-22(3)18(24)10-20-13(2)16-5-4-8-25-16/h4-9,13,20H,10-11H2,1-3H3,(H,21,23)/t13-/m0/s1. The van der Waals surface area contributed by atoms with Gasteiger partial charge in [0, 0.05) is 17.2 Å². The van der Waals surface area contributed by atoms with Crippen molar-refractivity contribution >= 4 is 33.4 Å². The second kappa shape index (κ2) is 8.82. The number of rotatable bonds is 7. The molecule has 0 saturated heterocycles. The fourth-order valence-electron chi connectivity index (χ4n) is 2.27. The van der Waals surface area contributed by atoms with Crippen LogP contribution < -0.4 is 10.6 Å². The minimum absolute atomic E-state index is 0.00878. The number of aryl methyl sites for hydroxylation is 1. The molecular formula is C18H22BrN3O3. The van der Waals surface area contributed by atoms with Crippen molar-refractivity contribution in [2.75, 3.05) is 25.5 Å². The molecule has 0 spiro atoms. The molecule has 6 nitrogen and oxygen atoms in total. The van der Waals surface area contributed by atoms with Gasteiger partial charge in [-0.1, -0.05) is 15.9 Å². The Kier molecular flexibility index (Phi) is 6.78. The zero-order valence-corrected chi connectivity index (χ0v) is 16.1. The Morgan fingerprint density at radius 1 is 1.32 bits per heavy atom. The number of anilines is 1. The number of carbonyl (C=O) groups excluding carboxylic acids is 2. The van der Waals surface area contributed by atoms with Gasteiger partial charge >= 0.3 is 0 Å². The molecule has 1 heterocycles. The molecule has 0 radical (unpaired) electrons. The predicted molar refractivity (Wildman–Crippen MR) is 100 cm³/mol. The lowest BCUT2D eigenvalue weighted by atomic mass is 10.2. The summed E-state index contributed by atoms with van der Waals surface area (Å²) in [4.78, 5) is 25.7. The highest BCUT2D eigenvalue weighted by atomic mass is 79.9. The smallest absolute Gasteiger partial charge is 0.243 e. The van der Waals surface area contributed by atoms with E-state index in [1.165, 1.54) is 4.90 Å². The van der Waals surface area contributed by atoms with E-state index in [0.29, 0.717) is 0 Å². The second-order valence-corrected chi connectivity index (χ2v) is 6.79. The third-order valence-electron chi connectivity index (χ3n) is 3.80. The number of hydrogen-bond donors (Lipinski definition) is 2. The average molecular weight is 408 g/mol. The van der Waals surface area contributed by atoms with Gasteiger partial charge in [0.05, 0.1) is 25.4 Å². The Hall–Kier alpha value is -2.12. The molecule has 0 fully saturated rings. The van der Waals surface area contributed by atoms with Crippen LogP contribution in [0.1, 0.15) is 24.3 Å². The van der Waals surface area contributed by atoms with E-state index in [1.54, 1.807) is 19.4 Å². The van der Waals surface area contributed by atoms with E-state index in [1.807, 2.05) is 38.1 Å². The van der Waals surface area contributed by atoms with Crippen LogP contribution in [-0.4, -0.2) is 36.9 Å². The summed E-state index contributed by atoms with van der Waals surface area (Å²) in [6.45, 7) is 3.94. The van der Waals surface area contributed by atoms with E-state index in [0.717, 1.165) is 21.5 Å². The third-order valence-corrected chi connectivity index (χ3v) is 4.29. The summed E-state index contributed by atoms with van der Waals surface area (Å²) >= 11 is 3.39. The van der Waals surface area contributed by atoms with Gasteiger partial charge in [-0.15, -0.1) is 0 Å². The number of halogens is 1. The van der Waals surface area contributed by atoms with Crippen molar-refractivity contribution in [1.82, 2.24) is 10.2 Å². The number of amides is 2. The zero-order chi connectivity index (χ0) is 18.4. The lowest BCUT2D eigenvalue weighted by molar-refractivity contribution is -0.132. The van der Waals surface area contributed by atoms with E-state index in [4.69, 9.17) is 4.42 Å². The van der Waals surface area contributed by atoms with Crippen LogP contribution in [0.3, 0.4) is 0 Å². The Balaban J connectivity index is 1.80. The minimum Gasteiger partial charge on any atom is -0.468 e. The van der Waals surface area contributed by atoms with Gasteiger partial charge in [0.2, 0.25) is 11.8 Å². The average Bonchev–Trinajstić information content (AvgIpc) is 3.09. The van der Waals surface area contributed by atoms with Crippen molar-refractivity contribution in [3.63, 3.8) is 0 Å². The summed E-state index contributed by atoms with van der Waals surface area (Å²) < 4.78 is 6.23. The second-order valence-electron chi connectivity index (χ2n) is 5.88. The number of nitrogens with one attached hydrogen (secondary N) is 2. The van der Waals surface area contributed by atoms with Crippen LogP contribution >= 0.6 is 15.9 Å². The molecule has 2 aromatic rings. The van der Waals surface area contributed by atoms with Gasteiger partial charge in [-0.25, -0.2) is 0 Å². The van der Waals surface area contributed by atoms with Crippen LogP contribution in [-0.2, 0) is 9.59 Å². The fraction of sp³-hybridized carbons (Fsp3) is 0.333. The quantitative estimate of drug-likeness (QED) is 0.739. The molecule has 0 aliphatic heterocycles. The fourth-order valence-corrected chi connectivity index (χ4v) is 2.75. The summed E-state index contributed by atoms with van der Waals surface area (Å²) in [5.41, 5.74) is 1.68. The minimum atomic E-state index is -0.236. The van der Waals surface area contributed by atoms with Crippen LogP contribution in [0.25, 0.3) is 0 Å². The number of carbonyl (C=O) groups is 2. The van der Waals surface area contributed by atoms with Gasteiger partial charge in [-0.05, 0) is 49.7 Å². The largest absolute Gasteiger partial charge is 0.468 e. The predicted octanol–water partition coefficient (Wildman–Crippen LogP) is 3.10. The molecule has 134 valence electrons. The first-order chi connectivity index (χ1) is 11.9. The molecular weight excluding hydrogens is 386 g/mol. The Bertz CT molecular complexity index is 731. The van der Waals surface area contributed by atoms with Crippen molar-refractivity contribution in [1.29, 1.82) is 0 Å². The van der Waals surface area contributed by atoms with Crippen LogP contribution in [0.15, 0.2) is 45.5 Å². The Labute approximate surface area is 155 Å². The van der Waals surface area contributed by atoms with Crippen LogP contribution in [0, 0.1) is 6.92 Å². The number of hydrogen-bond acceptors (Lipinski definition) is 4. The van der Waals surface area contributed by atoms with Crippen LogP contribution in [0.5, 0.6) is 0 Å². The van der Waals surface area contributed by atoms with Gasteiger partial charge in [-0.2, -0.15) is 0 Å². The molecule has 1 aromatic heterocycles. The number of likely N-dealkylation sites (N-methyl/N-ethyl adjacent to an activating group) is 1. The van der Waals surface area contributed by atoms with Crippen molar-refractivity contribution in [3.05, 3.63) is 52.4 Å². The Morgan fingerprint density at radius 2 is 2.08 bits per heavy atom. The van der Waals surface area contributed by atoms with Crippen LogP contribution in [0.4, 0.5) is 5.69 Å². The molecule has 0 saturated carbocycles. The van der Waals surface area contributed by atoms with Gasteiger partial charge in [0.1, 0.15) is 5.76 Å². The first-order valence-electron chi connectivity index (χ1n) is 7.93. The molecule has 2 N–H and O–H groups in total. The first-order valence-corrected chi connectivity index (χ1v) is 8.73. The monoisotopic (exact) mass is 407 g/mol. The summed E-state index contributed by atoms with van der Waals surface area (Å²) in [6.07, 6.45) is 1.59. The van der Waals surface area contributed by atoms with Crippen molar-refractivity contribution in [3.8, 4) is 0 Å². The van der Waals surface area contributed by atoms with E-state index in [-0.39, 0.29) is 30.9 Å². The highest BCUT2D eigenvalue weighted by molar-refractivity contribution is 9.10. The highest BCUT2D eigenvalue weighted by Crippen LogP contribution is 2.19. The van der Waals surface area contributed by atoms with Crippen molar-refractivity contribution in [2.24, 2.45) is 0 Å². The summed E-state index contributed by atoms with van der Waals surface area (Å²) in [5.74, 6) is 0.361. The van der Waals surface area contributed by atoms with Crippen molar-refractivity contribution in [2.45, 2.75) is 19.9 Å². The maximum atomic E-state index is 12.2. The molecule has 1 aromatic carbocycles.